The van der Waals surface area contributed by atoms with Crippen LogP contribution in [0.1, 0.15) is 29.4 Å². The van der Waals surface area contributed by atoms with E-state index in [2.05, 4.69) is 10.4 Å². The van der Waals surface area contributed by atoms with Crippen LogP contribution in [0.5, 0.6) is 0 Å². The van der Waals surface area contributed by atoms with Crippen LogP contribution in [0, 0.1) is 5.92 Å². The first-order valence-corrected chi connectivity index (χ1v) is 9.12. The first kappa shape index (κ1) is 16.7. The first-order valence-electron chi connectivity index (χ1n) is 8.24. The Morgan fingerprint density at radius 3 is 2.79 bits per heavy atom. The van der Waals surface area contributed by atoms with Crippen molar-refractivity contribution >= 4 is 23.2 Å². The fourth-order valence-electron chi connectivity index (χ4n) is 3.00. The number of aromatic nitrogens is 2. The van der Waals surface area contributed by atoms with Gasteiger partial charge in [-0.05, 0) is 37.3 Å². The number of carbonyl (C=O) groups excluding carboxylic acids is 2. The van der Waals surface area contributed by atoms with Crippen molar-refractivity contribution in [2.75, 3.05) is 13.1 Å². The van der Waals surface area contributed by atoms with Crippen molar-refractivity contribution in [3.05, 3.63) is 40.8 Å². The predicted molar refractivity (Wildman–Crippen MR) is 92.8 cm³/mol. The van der Waals surface area contributed by atoms with Gasteiger partial charge in [-0.15, -0.1) is 11.3 Å². The highest BCUT2D eigenvalue weighted by atomic mass is 32.1. The molecule has 1 unspecified atom stereocenters. The summed E-state index contributed by atoms with van der Waals surface area (Å²) in [6.45, 7) is 3.92. The van der Waals surface area contributed by atoms with Crippen LogP contribution in [-0.2, 0) is 11.3 Å². The quantitative estimate of drug-likeness (QED) is 0.900. The van der Waals surface area contributed by atoms with Crippen LogP contribution in [0.4, 0.5) is 0 Å². The lowest BCUT2D eigenvalue weighted by Crippen LogP contribution is -2.45. The highest BCUT2D eigenvalue weighted by molar-refractivity contribution is 7.12. The van der Waals surface area contributed by atoms with Crippen molar-refractivity contribution in [1.82, 2.24) is 20.0 Å². The van der Waals surface area contributed by atoms with Crippen LogP contribution in [0.25, 0.3) is 0 Å². The van der Waals surface area contributed by atoms with Crippen LogP contribution in [0.15, 0.2) is 36.0 Å². The summed E-state index contributed by atoms with van der Waals surface area (Å²) in [5.74, 6) is 0.145. The average molecular weight is 346 g/mol. The zero-order valence-electron chi connectivity index (χ0n) is 13.7. The van der Waals surface area contributed by atoms with E-state index in [-0.39, 0.29) is 23.8 Å². The highest BCUT2D eigenvalue weighted by Crippen LogP contribution is 2.21. The Morgan fingerprint density at radius 1 is 1.38 bits per heavy atom. The number of nitrogens with one attached hydrogen (secondary N) is 1. The normalized spacial score (nSPS) is 16.8. The fraction of sp³-hybridized carbons (Fsp3) is 0.471. The molecule has 6 nitrogen and oxygen atoms in total. The molecule has 0 spiro atoms. The largest absolute Gasteiger partial charge is 0.352 e. The first-order chi connectivity index (χ1) is 11.6. The Morgan fingerprint density at radius 2 is 2.17 bits per heavy atom. The molecule has 0 saturated carbocycles. The smallest absolute Gasteiger partial charge is 0.263 e. The minimum absolute atomic E-state index is 0.0162. The molecule has 1 aliphatic heterocycles. The summed E-state index contributed by atoms with van der Waals surface area (Å²) in [7, 11) is 0. The number of carbonyl (C=O) groups is 2. The predicted octanol–water partition coefficient (Wildman–Crippen LogP) is 2.00. The molecule has 2 amide bonds. The lowest BCUT2D eigenvalue weighted by molar-refractivity contribution is -0.127. The second-order valence-corrected chi connectivity index (χ2v) is 7.13. The third-order valence-corrected chi connectivity index (χ3v) is 5.15. The van der Waals surface area contributed by atoms with Crippen molar-refractivity contribution in [2.24, 2.45) is 5.92 Å². The Bertz CT molecular complexity index is 661. The van der Waals surface area contributed by atoms with Gasteiger partial charge in [0.25, 0.3) is 5.91 Å². The maximum Gasteiger partial charge on any atom is 0.263 e. The lowest BCUT2D eigenvalue weighted by Gasteiger charge is -2.31. The van der Waals surface area contributed by atoms with E-state index >= 15 is 0 Å². The fourth-order valence-corrected chi connectivity index (χ4v) is 3.69. The van der Waals surface area contributed by atoms with Crippen LogP contribution in [0.3, 0.4) is 0 Å². The van der Waals surface area contributed by atoms with Gasteiger partial charge in [-0.25, -0.2) is 0 Å². The van der Waals surface area contributed by atoms with Gasteiger partial charge < -0.3 is 10.2 Å². The SMILES string of the molecule is CC(Cn1cccn1)NC(=O)C1CCN(C(=O)c2cccs2)CC1. The van der Waals surface area contributed by atoms with Gasteiger partial charge in [-0.1, -0.05) is 6.07 Å². The summed E-state index contributed by atoms with van der Waals surface area (Å²) < 4.78 is 1.81. The second-order valence-electron chi connectivity index (χ2n) is 6.18. The van der Waals surface area contributed by atoms with E-state index < -0.39 is 0 Å². The molecule has 0 radical (unpaired) electrons. The third-order valence-electron chi connectivity index (χ3n) is 4.29. The van der Waals surface area contributed by atoms with E-state index in [1.807, 2.05) is 46.3 Å². The Kier molecular flexibility index (Phi) is 5.30. The molecular formula is C17H22N4O2S. The van der Waals surface area contributed by atoms with Crippen molar-refractivity contribution in [1.29, 1.82) is 0 Å². The van der Waals surface area contributed by atoms with Crippen LogP contribution >= 0.6 is 11.3 Å². The van der Waals surface area contributed by atoms with Crippen LogP contribution < -0.4 is 5.32 Å². The lowest BCUT2D eigenvalue weighted by atomic mass is 9.95. The van der Waals surface area contributed by atoms with Gasteiger partial charge >= 0.3 is 0 Å². The van der Waals surface area contributed by atoms with Crippen molar-refractivity contribution in [3.63, 3.8) is 0 Å². The molecule has 128 valence electrons. The standard InChI is InChI=1S/C17H22N4O2S/c1-13(12-21-8-3-7-18-21)19-16(22)14-5-9-20(10-6-14)17(23)15-4-2-11-24-15/h2-4,7-8,11,13-14H,5-6,9-10,12H2,1H3,(H,19,22). The Labute approximate surface area is 145 Å². The molecule has 24 heavy (non-hydrogen) atoms. The van der Waals surface area contributed by atoms with E-state index in [9.17, 15) is 9.59 Å². The van der Waals surface area contributed by atoms with E-state index in [0.29, 0.717) is 19.6 Å². The van der Waals surface area contributed by atoms with Crippen LogP contribution in [0.2, 0.25) is 0 Å². The van der Waals surface area contributed by atoms with Gasteiger partial charge in [0.15, 0.2) is 0 Å². The monoisotopic (exact) mass is 346 g/mol. The number of amides is 2. The summed E-state index contributed by atoms with van der Waals surface area (Å²) in [5.41, 5.74) is 0. The summed E-state index contributed by atoms with van der Waals surface area (Å²) >= 11 is 1.46. The summed E-state index contributed by atoms with van der Waals surface area (Å²) in [4.78, 5) is 27.3. The van der Waals surface area contributed by atoms with E-state index in [4.69, 9.17) is 0 Å². The molecule has 0 bridgehead atoms. The molecule has 1 saturated heterocycles. The van der Waals surface area contributed by atoms with E-state index in [1.54, 1.807) is 6.20 Å². The molecule has 2 aromatic heterocycles. The molecular weight excluding hydrogens is 324 g/mol. The highest BCUT2D eigenvalue weighted by Gasteiger charge is 2.28. The Balaban J connectivity index is 1.45. The second kappa shape index (κ2) is 7.61. The van der Waals surface area contributed by atoms with Gasteiger partial charge in [-0.3, -0.25) is 14.3 Å². The van der Waals surface area contributed by atoms with Crippen LogP contribution in [-0.4, -0.2) is 45.6 Å². The number of piperidine rings is 1. The van der Waals surface area contributed by atoms with Crippen molar-refractivity contribution in [2.45, 2.75) is 32.4 Å². The van der Waals surface area contributed by atoms with Gasteiger partial charge in [0.1, 0.15) is 0 Å². The molecule has 2 aromatic rings. The van der Waals surface area contributed by atoms with Gasteiger partial charge in [0.2, 0.25) is 5.91 Å². The number of hydrogen-bond donors (Lipinski definition) is 1. The molecule has 1 N–H and O–H groups in total. The number of likely N-dealkylation sites (tertiary alicyclic amines) is 1. The van der Waals surface area contributed by atoms with Crippen molar-refractivity contribution in [3.8, 4) is 0 Å². The van der Waals surface area contributed by atoms with Gasteiger partial charge in [0.05, 0.1) is 11.4 Å². The summed E-state index contributed by atoms with van der Waals surface area (Å²) in [5, 5.41) is 9.12. The molecule has 7 heteroatoms. The third kappa shape index (κ3) is 4.03. The number of nitrogens with zero attached hydrogens (tertiary/aromatic N) is 3. The zero-order chi connectivity index (χ0) is 16.9. The van der Waals surface area contributed by atoms with Gasteiger partial charge in [-0.2, -0.15) is 5.10 Å². The zero-order valence-corrected chi connectivity index (χ0v) is 14.5. The molecule has 0 aromatic carbocycles. The topological polar surface area (TPSA) is 67.2 Å². The van der Waals surface area contributed by atoms with E-state index in [1.165, 1.54) is 11.3 Å². The molecule has 3 rings (SSSR count). The van der Waals surface area contributed by atoms with E-state index in [0.717, 1.165) is 17.7 Å². The average Bonchev–Trinajstić information content (AvgIpc) is 3.27. The number of thiophene rings is 1. The molecule has 1 fully saturated rings. The summed E-state index contributed by atoms with van der Waals surface area (Å²) in [6, 6.07) is 5.64. The molecule has 0 aliphatic carbocycles. The molecule has 1 aliphatic rings. The Hall–Kier alpha value is -2.15. The van der Waals surface area contributed by atoms with Crippen molar-refractivity contribution < 1.29 is 9.59 Å². The number of rotatable bonds is 5. The minimum atomic E-state index is -0.0162. The van der Waals surface area contributed by atoms with Gasteiger partial charge in [0, 0.05) is 37.4 Å². The molecule has 3 heterocycles. The maximum atomic E-state index is 12.4. The number of hydrogen-bond acceptors (Lipinski definition) is 4. The maximum absolute atomic E-state index is 12.4. The molecule has 1 atom stereocenters. The minimum Gasteiger partial charge on any atom is -0.352 e. The summed E-state index contributed by atoms with van der Waals surface area (Å²) in [6.07, 6.45) is 5.06.